The van der Waals surface area contributed by atoms with Crippen molar-refractivity contribution in [1.82, 2.24) is 29.7 Å². The summed E-state index contributed by atoms with van der Waals surface area (Å²) in [5.74, 6) is -1.24. The third-order valence-electron chi connectivity index (χ3n) is 8.32. The molecule has 1 amide bonds. The Morgan fingerprint density at radius 2 is 1.93 bits per heavy atom. The van der Waals surface area contributed by atoms with Crippen LogP contribution in [0.2, 0.25) is 0 Å². The van der Waals surface area contributed by atoms with E-state index in [0.29, 0.717) is 35.5 Å². The van der Waals surface area contributed by atoms with E-state index in [4.69, 9.17) is 9.47 Å². The maximum absolute atomic E-state index is 16.1. The van der Waals surface area contributed by atoms with Crippen molar-refractivity contribution < 1.29 is 23.5 Å². The minimum atomic E-state index is -0.566. The van der Waals surface area contributed by atoms with Gasteiger partial charge in [0.25, 0.3) is 5.91 Å². The molecule has 3 atom stereocenters. The molecule has 3 heterocycles. The Morgan fingerprint density at radius 1 is 1.09 bits per heavy atom. The fourth-order valence-electron chi connectivity index (χ4n) is 6.16. The molecular weight excluding hydrogens is 551 g/mol. The van der Waals surface area contributed by atoms with Crippen molar-refractivity contribution in [2.24, 2.45) is 7.05 Å². The molecule has 4 aromatic rings. The quantitative estimate of drug-likeness (QED) is 0.257. The summed E-state index contributed by atoms with van der Waals surface area (Å²) >= 11 is 0. The predicted molar refractivity (Wildman–Crippen MR) is 157 cm³/mol. The molecule has 1 saturated carbocycles. The van der Waals surface area contributed by atoms with Gasteiger partial charge in [-0.1, -0.05) is 29.5 Å². The van der Waals surface area contributed by atoms with Crippen molar-refractivity contribution in [1.29, 1.82) is 0 Å². The minimum Gasteiger partial charge on any atom is -0.462 e. The number of methoxy groups -OCH3 is 1. The molecule has 10 nitrogen and oxygen atoms in total. The molecule has 2 unspecified atom stereocenters. The van der Waals surface area contributed by atoms with Gasteiger partial charge in [0.2, 0.25) is 0 Å². The summed E-state index contributed by atoms with van der Waals surface area (Å²) in [6, 6.07) is 12.2. The van der Waals surface area contributed by atoms with Gasteiger partial charge in [-0.3, -0.25) is 9.48 Å². The molecule has 2 aliphatic rings. The molecule has 11 heteroatoms. The number of rotatable bonds is 9. The number of aryl methyl sites for hydroxylation is 1. The number of piperidine rings is 1. The zero-order valence-electron chi connectivity index (χ0n) is 24.6. The molecular formula is C32H35FN6O4. The van der Waals surface area contributed by atoms with Gasteiger partial charge in [-0.2, -0.15) is 5.10 Å². The van der Waals surface area contributed by atoms with Crippen molar-refractivity contribution >= 4 is 11.9 Å². The van der Waals surface area contributed by atoms with Gasteiger partial charge in [0.15, 0.2) is 0 Å². The molecule has 0 bridgehead atoms. The van der Waals surface area contributed by atoms with Crippen molar-refractivity contribution in [3.05, 3.63) is 83.2 Å². The zero-order chi connectivity index (χ0) is 30.1. The van der Waals surface area contributed by atoms with E-state index < -0.39 is 11.8 Å². The van der Waals surface area contributed by atoms with Gasteiger partial charge in [0.05, 0.1) is 48.1 Å². The Hall–Kier alpha value is -4.38. The van der Waals surface area contributed by atoms with E-state index in [2.05, 4.69) is 15.4 Å². The van der Waals surface area contributed by atoms with Gasteiger partial charge in [-0.15, -0.1) is 5.10 Å². The second kappa shape index (κ2) is 12.1. The molecule has 2 aromatic heterocycles. The third kappa shape index (κ3) is 5.56. The van der Waals surface area contributed by atoms with Crippen LogP contribution in [0.3, 0.4) is 0 Å². The Balaban J connectivity index is 1.35. The molecule has 0 spiro atoms. The Bertz CT molecular complexity index is 1650. The number of carbonyl (C=O) groups excluding carboxylic acids is 2. The molecule has 0 radical (unpaired) electrons. The SMILES string of the molecule is CCOC(=O)c1cnn(-c2cccc(-c3cccc(C(=O)N4CCCCC4COC)c3F)c2)c1C1C[C@H]1c1cn(C)nn1. The van der Waals surface area contributed by atoms with E-state index in [1.807, 2.05) is 31.4 Å². The number of hydrogen-bond acceptors (Lipinski definition) is 7. The average molecular weight is 587 g/mol. The van der Waals surface area contributed by atoms with Crippen LogP contribution < -0.4 is 0 Å². The van der Waals surface area contributed by atoms with Gasteiger partial charge in [0.1, 0.15) is 11.4 Å². The number of aromatic nitrogens is 5. The Morgan fingerprint density at radius 3 is 2.70 bits per heavy atom. The molecule has 0 N–H and O–H groups in total. The van der Waals surface area contributed by atoms with Gasteiger partial charge in [-0.25, -0.2) is 13.9 Å². The lowest BCUT2D eigenvalue weighted by atomic mass is 9.98. The van der Waals surface area contributed by atoms with E-state index in [1.54, 1.807) is 52.6 Å². The van der Waals surface area contributed by atoms with Crippen LogP contribution in [-0.2, 0) is 16.5 Å². The van der Waals surface area contributed by atoms with Gasteiger partial charge in [0, 0.05) is 44.3 Å². The summed E-state index contributed by atoms with van der Waals surface area (Å²) in [4.78, 5) is 28.2. The lowest BCUT2D eigenvalue weighted by Crippen LogP contribution is -2.46. The second-order valence-electron chi connectivity index (χ2n) is 11.2. The van der Waals surface area contributed by atoms with Crippen LogP contribution in [0.5, 0.6) is 0 Å². The van der Waals surface area contributed by atoms with Crippen molar-refractivity contribution in [2.75, 3.05) is 26.9 Å². The van der Waals surface area contributed by atoms with E-state index >= 15 is 4.39 Å². The van der Waals surface area contributed by atoms with Crippen LogP contribution >= 0.6 is 0 Å². The summed E-state index contributed by atoms with van der Waals surface area (Å²) in [5.41, 5.74) is 3.60. The normalized spacial score (nSPS) is 19.8. The highest BCUT2D eigenvalue weighted by Crippen LogP contribution is 2.55. The average Bonchev–Trinajstić information content (AvgIpc) is 3.46. The lowest BCUT2D eigenvalue weighted by Gasteiger charge is -2.35. The Labute approximate surface area is 249 Å². The number of esters is 1. The number of benzene rings is 2. The van der Waals surface area contributed by atoms with Gasteiger partial charge < -0.3 is 14.4 Å². The topological polar surface area (TPSA) is 104 Å². The number of hydrogen-bond donors (Lipinski definition) is 0. The molecule has 1 aliphatic carbocycles. The maximum Gasteiger partial charge on any atom is 0.341 e. The highest BCUT2D eigenvalue weighted by atomic mass is 19.1. The van der Waals surface area contributed by atoms with Crippen LogP contribution in [0.4, 0.5) is 4.39 Å². The Kier molecular flexibility index (Phi) is 8.07. The summed E-state index contributed by atoms with van der Waals surface area (Å²) in [7, 11) is 3.44. The number of carbonyl (C=O) groups is 2. The molecule has 2 fully saturated rings. The molecule has 224 valence electrons. The fourth-order valence-corrected chi connectivity index (χ4v) is 6.16. The van der Waals surface area contributed by atoms with Crippen LogP contribution in [0, 0.1) is 5.82 Å². The van der Waals surface area contributed by atoms with Crippen LogP contribution in [0.25, 0.3) is 16.8 Å². The highest BCUT2D eigenvalue weighted by Gasteiger charge is 2.46. The first kappa shape index (κ1) is 28.7. The summed E-state index contributed by atoms with van der Waals surface area (Å²) in [6.07, 6.45) is 6.93. The molecule has 43 heavy (non-hydrogen) atoms. The summed E-state index contributed by atoms with van der Waals surface area (Å²) in [5, 5.41) is 12.9. The number of ether oxygens (including phenoxy) is 2. The smallest absolute Gasteiger partial charge is 0.341 e. The zero-order valence-corrected chi connectivity index (χ0v) is 24.6. The van der Waals surface area contributed by atoms with Crippen molar-refractivity contribution in [2.45, 2.75) is 50.5 Å². The molecule has 6 rings (SSSR count). The van der Waals surface area contributed by atoms with Gasteiger partial charge >= 0.3 is 5.97 Å². The summed E-state index contributed by atoms with van der Waals surface area (Å²) in [6.45, 7) is 3.01. The standard InChI is InChI=1S/C32H35FN6O4/c1-4-43-32(41)27-17-34-39(30(27)26-16-25(26)28-18-37(2)36-35-28)21-11-7-9-20(15-21)23-12-8-13-24(29(23)33)31(40)38-14-6-5-10-22(38)19-42-3/h7-9,11-13,15,17-18,22,25-26H,4-6,10,14,16,19H2,1-3H3/t22?,25-,26?/m1/s1. The van der Waals surface area contributed by atoms with Crippen molar-refractivity contribution in [3.8, 4) is 16.8 Å². The lowest BCUT2D eigenvalue weighted by molar-refractivity contribution is 0.0424. The van der Waals surface area contributed by atoms with E-state index in [1.165, 1.54) is 6.20 Å². The maximum atomic E-state index is 16.1. The second-order valence-corrected chi connectivity index (χ2v) is 11.2. The largest absolute Gasteiger partial charge is 0.462 e. The first-order chi connectivity index (χ1) is 20.9. The number of amides is 1. The van der Waals surface area contributed by atoms with E-state index in [0.717, 1.165) is 37.1 Å². The van der Waals surface area contributed by atoms with Gasteiger partial charge in [-0.05, 0) is 56.4 Å². The van der Waals surface area contributed by atoms with E-state index in [-0.39, 0.29) is 36.0 Å². The van der Waals surface area contributed by atoms with Crippen molar-refractivity contribution in [3.63, 3.8) is 0 Å². The first-order valence-electron chi connectivity index (χ1n) is 14.7. The van der Waals surface area contributed by atoms with Crippen LogP contribution in [0.1, 0.15) is 76.5 Å². The molecule has 1 saturated heterocycles. The molecule has 1 aliphatic heterocycles. The minimum absolute atomic E-state index is 0.00969. The van der Waals surface area contributed by atoms with Crippen LogP contribution in [-0.4, -0.2) is 74.5 Å². The highest BCUT2D eigenvalue weighted by molar-refractivity contribution is 5.96. The molecule has 2 aromatic carbocycles. The monoisotopic (exact) mass is 586 g/mol. The first-order valence-corrected chi connectivity index (χ1v) is 14.7. The van der Waals surface area contributed by atoms with E-state index in [9.17, 15) is 9.59 Å². The number of nitrogens with zero attached hydrogens (tertiary/aromatic N) is 6. The van der Waals surface area contributed by atoms with Crippen LogP contribution in [0.15, 0.2) is 54.9 Å². The third-order valence-corrected chi connectivity index (χ3v) is 8.32. The summed E-state index contributed by atoms with van der Waals surface area (Å²) < 4.78 is 30.2. The fraction of sp³-hybridized carbons (Fsp3) is 0.406. The number of likely N-dealkylation sites (tertiary alicyclic amines) is 1. The predicted octanol–water partition coefficient (Wildman–Crippen LogP) is 4.90. The number of halogens is 1.